The molecule has 0 unspecified atom stereocenters. The van der Waals surface area contributed by atoms with Gasteiger partial charge in [0, 0.05) is 18.2 Å². The molecule has 0 radical (unpaired) electrons. The molecule has 112 valence electrons. The zero-order valence-electron chi connectivity index (χ0n) is 12.7. The lowest BCUT2D eigenvalue weighted by Gasteiger charge is -2.38. The summed E-state index contributed by atoms with van der Waals surface area (Å²) < 4.78 is 10.9. The van der Waals surface area contributed by atoms with Gasteiger partial charge in [0.15, 0.2) is 0 Å². The van der Waals surface area contributed by atoms with E-state index in [9.17, 15) is 0 Å². The quantitative estimate of drug-likeness (QED) is 0.810. The van der Waals surface area contributed by atoms with E-state index in [1.54, 1.807) is 7.11 Å². The molecule has 0 atom stereocenters. The van der Waals surface area contributed by atoms with Crippen molar-refractivity contribution in [2.24, 2.45) is 11.7 Å². The van der Waals surface area contributed by atoms with Gasteiger partial charge in [0.2, 0.25) is 0 Å². The minimum atomic E-state index is -0.227. The lowest BCUT2D eigenvalue weighted by atomic mass is 9.72. The molecule has 0 amide bonds. The molecule has 0 heterocycles. The summed E-state index contributed by atoms with van der Waals surface area (Å²) in [7, 11) is 1.69. The Morgan fingerprint density at radius 3 is 2.55 bits per heavy atom. The zero-order valence-corrected chi connectivity index (χ0v) is 12.7. The first-order valence-electron chi connectivity index (χ1n) is 7.69. The van der Waals surface area contributed by atoms with Crippen LogP contribution in [0.3, 0.4) is 0 Å². The Morgan fingerprint density at radius 1 is 1.20 bits per heavy atom. The molecule has 1 aromatic rings. The highest BCUT2D eigenvalue weighted by molar-refractivity contribution is 5.39. The third-order valence-corrected chi connectivity index (χ3v) is 4.54. The fourth-order valence-corrected chi connectivity index (χ4v) is 3.11. The van der Waals surface area contributed by atoms with Crippen molar-refractivity contribution in [3.63, 3.8) is 0 Å². The number of hydrogen-bond donors (Lipinski definition) is 1. The summed E-state index contributed by atoms with van der Waals surface area (Å²) in [5.41, 5.74) is 7.62. The normalized spacial score (nSPS) is 26.4. The van der Waals surface area contributed by atoms with E-state index >= 15 is 0 Å². The number of para-hydroxylation sites is 1. The number of ether oxygens (including phenoxy) is 2. The molecular formula is C17H27NO2. The maximum absolute atomic E-state index is 6.69. The minimum absolute atomic E-state index is 0.227. The van der Waals surface area contributed by atoms with Crippen LogP contribution in [0, 0.1) is 5.92 Å². The second-order valence-corrected chi connectivity index (χ2v) is 5.85. The van der Waals surface area contributed by atoms with Crippen LogP contribution in [0.1, 0.15) is 44.6 Å². The number of hydrogen-bond acceptors (Lipinski definition) is 3. The Kier molecular flexibility index (Phi) is 5.44. The van der Waals surface area contributed by atoms with E-state index in [-0.39, 0.29) is 5.54 Å². The van der Waals surface area contributed by atoms with Crippen LogP contribution in [-0.4, -0.2) is 20.3 Å². The number of methoxy groups -OCH3 is 1. The molecule has 1 aliphatic rings. The Hall–Kier alpha value is -1.06. The number of nitrogens with two attached hydrogens (primary N) is 1. The van der Waals surface area contributed by atoms with Gasteiger partial charge in [-0.1, -0.05) is 31.5 Å². The summed E-state index contributed by atoms with van der Waals surface area (Å²) in [6.07, 6.45) is 5.81. The van der Waals surface area contributed by atoms with Gasteiger partial charge in [-0.05, 0) is 37.7 Å². The molecule has 3 nitrogen and oxygen atoms in total. The van der Waals surface area contributed by atoms with E-state index in [1.807, 2.05) is 12.1 Å². The predicted octanol–water partition coefficient (Wildman–Crippen LogP) is 3.47. The lowest BCUT2D eigenvalue weighted by Crippen LogP contribution is -2.40. The smallest absolute Gasteiger partial charge is 0.124 e. The maximum Gasteiger partial charge on any atom is 0.124 e. The molecule has 0 aliphatic heterocycles. The third-order valence-electron chi connectivity index (χ3n) is 4.54. The van der Waals surface area contributed by atoms with Gasteiger partial charge in [0.1, 0.15) is 12.4 Å². The molecule has 1 fully saturated rings. The lowest BCUT2D eigenvalue weighted by molar-refractivity contribution is 0.143. The van der Waals surface area contributed by atoms with Crippen molar-refractivity contribution in [1.82, 2.24) is 0 Å². The first kappa shape index (κ1) is 15.3. The summed E-state index contributed by atoms with van der Waals surface area (Å²) in [5, 5.41) is 0. The van der Waals surface area contributed by atoms with Crippen LogP contribution in [0.25, 0.3) is 0 Å². The van der Waals surface area contributed by atoms with Crippen LogP contribution < -0.4 is 10.5 Å². The predicted molar refractivity (Wildman–Crippen MR) is 81.9 cm³/mol. The van der Waals surface area contributed by atoms with Crippen molar-refractivity contribution >= 4 is 0 Å². The molecule has 2 N–H and O–H groups in total. The van der Waals surface area contributed by atoms with E-state index in [0.29, 0.717) is 13.2 Å². The second kappa shape index (κ2) is 7.09. The van der Waals surface area contributed by atoms with Crippen molar-refractivity contribution in [3.8, 4) is 5.75 Å². The average molecular weight is 277 g/mol. The van der Waals surface area contributed by atoms with Gasteiger partial charge in [0.05, 0.1) is 6.61 Å². The van der Waals surface area contributed by atoms with Gasteiger partial charge in [-0.3, -0.25) is 0 Å². The van der Waals surface area contributed by atoms with E-state index < -0.39 is 0 Å². The highest BCUT2D eigenvalue weighted by Gasteiger charge is 2.34. The van der Waals surface area contributed by atoms with Gasteiger partial charge < -0.3 is 15.2 Å². The fourth-order valence-electron chi connectivity index (χ4n) is 3.11. The Morgan fingerprint density at radius 2 is 1.90 bits per heavy atom. The van der Waals surface area contributed by atoms with Crippen LogP contribution in [0.4, 0.5) is 0 Å². The third kappa shape index (κ3) is 3.53. The topological polar surface area (TPSA) is 44.5 Å². The summed E-state index contributed by atoms with van der Waals surface area (Å²) in [6, 6.07) is 8.20. The standard InChI is InChI=1S/C17H27NO2/c1-3-14-8-10-17(18,11-9-14)15-6-4-5-7-16(15)20-13-12-19-2/h4-7,14H,3,8-13,18H2,1-2H3. The summed E-state index contributed by atoms with van der Waals surface area (Å²) in [5.74, 6) is 1.76. The largest absolute Gasteiger partial charge is 0.491 e. The first-order valence-corrected chi connectivity index (χ1v) is 7.69. The molecule has 2 rings (SSSR count). The average Bonchev–Trinajstić information content (AvgIpc) is 2.49. The van der Waals surface area contributed by atoms with Gasteiger partial charge in [-0.25, -0.2) is 0 Å². The van der Waals surface area contributed by atoms with Crippen molar-refractivity contribution in [3.05, 3.63) is 29.8 Å². The zero-order chi connectivity index (χ0) is 14.4. The fraction of sp³-hybridized carbons (Fsp3) is 0.647. The highest BCUT2D eigenvalue weighted by Crippen LogP contribution is 2.41. The van der Waals surface area contributed by atoms with Crippen LogP contribution in [0.15, 0.2) is 24.3 Å². The molecule has 3 heteroatoms. The van der Waals surface area contributed by atoms with E-state index in [2.05, 4.69) is 19.1 Å². The Bertz CT molecular complexity index is 411. The second-order valence-electron chi connectivity index (χ2n) is 5.85. The van der Waals surface area contributed by atoms with Gasteiger partial charge in [-0.15, -0.1) is 0 Å². The van der Waals surface area contributed by atoms with Crippen molar-refractivity contribution < 1.29 is 9.47 Å². The molecule has 1 aliphatic carbocycles. The van der Waals surface area contributed by atoms with Crippen molar-refractivity contribution in [2.75, 3.05) is 20.3 Å². The van der Waals surface area contributed by atoms with Gasteiger partial charge in [-0.2, -0.15) is 0 Å². The summed E-state index contributed by atoms with van der Waals surface area (Å²) in [4.78, 5) is 0. The van der Waals surface area contributed by atoms with Crippen molar-refractivity contribution in [1.29, 1.82) is 0 Å². The number of benzene rings is 1. The van der Waals surface area contributed by atoms with Crippen molar-refractivity contribution in [2.45, 2.75) is 44.6 Å². The van der Waals surface area contributed by atoms with E-state index in [0.717, 1.165) is 30.1 Å². The van der Waals surface area contributed by atoms with Crippen LogP contribution >= 0.6 is 0 Å². The SMILES string of the molecule is CCC1CCC(N)(c2ccccc2OCCOC)CC1. The molecule has 20 heavy (non-hydrogen) atoms. The van der Waals surface area contributed by atoms with Gasteiger partial charge in [0.25, 0.3) is 0 Å². The molecule has 1 saturated carbocycles. The van der Waals surface area contributed by atoms with Gasteiger partial charge >= 0.3 is 0 Å². The highest BCUT2D eigenvalue weighted by atomic mass is 16.5. The molecular weight excluding hydrogens is 250 g/mol. The molecule has 0 spiro atoms. The molecule has 0 saturated heterocycles. The first-order chi connectivity index (χ1) is 9.69. The molecule has 0 aromatic heterocycles. The summed E-state index contributed by atoms with van der Waals surface area (Å²) in [6.45, 7) is 3.45. The van der Waals surface area contributed by atoms with Crippen LogP contribution in [0.5, 0.6) is 5.75 Å². The maximum atomic E-state index is 6.69. The minimum Gasteiger partial charge on any atom is -0.491 e. The van der Waals surface area contributed by atoms with E-state index in [4.69, 9.17) is 15.2 Å². The Balaban J connectivity index is 2.11. The molecule has 0 bridgehead atoms. The molecule has 1 aromatic carbocycles. The van der Waals surface area contributed by atoms with Crippen LogP contribution in [0.2, 0.25) is 0 Å². The monoisotopic (exact) mass is 277 g/mol. The van der Waals surface area contributed by atoms with Crippen LogP contribution in [-0.2, 0) is 10.3 Å². The Labute approximate surface area is 122 Å². The summed E-state index contributed by atoms with van der Waals surface area (Å²) >= 11 is 0. The van der Waals surface area contributed by atoms with E-state index in [1.165, 1.54) is 19.3 Å². The number of rotatable bonds is 6.